The maximum absolute atomic E-state index is 11.6. The van der Waals surface area contributed by atoms with Gasteiger partial charge < -0.3 is 5.32 Å². The van der Waals surface area contributed by atoms with Crippen LogP contribution in [0.15, 0.2) is 12.2 Å². The van der Waals surface area contributed by atoms with Crippen molar-refractivity contribution in [3.8, 4) is 0 Å². The highest BCUT2D eigenvalue weighted by molar-refractivity contribution is 7.80. The van der Waals surface area contributed by atoms with E-state index in [0.29, 0.717) is 5.75 Å². The maximum atomic E-state index is 11.6. The lowest BCUT2D eigenvalue weighted by Crippen LogP contribution is -2.40. The molecule has 0 heterocycles. The van der Waals surface area contributed by atoms with E-state index >= 15 is 0 Å². The molecule has 0 spiro atoms. The van der Waals surface area contributed by atoms with Crippen LogP contribution in [0.4, 0.5) is 0 Å². The zero-order valence-electron chi connectivity index (χ0n) is 10.0. The molecular formula is C12H21NO2S. The molecule has 0 saturated heterocycles. The number of hydrogen-bond donors (Lipinski definition) is 2. The van der Waals surface area contributed by atoms with Crippen molar-refractivity contribution >= 4 is 24.3 Å². The van der Waals surface area contributed by atoms with Gasteiger partial charge in [-0.25, -0.2) is 0 Å². The number of amides is 1. The average Bonchev–Trinajstić information content (AvgIpc) is 2.25. The number of thiol groups is 1. The van der Waals surface area contributed by atoms with E-state index in [2.05, 4.69) is 24.9 Å². The van der Waals surface area contributed by atoms with E-state index in [1.54, 1.807) is 6.08 Å². The van der Waals surface area contributed by atoms with Gasteiger partial charge in [0.2, 0.25) is 5.91 Å². The smallest absolute Gasteiger partial charge is 0.217 e. The van der Waals surface area contributed by atoms with Crippen LogP contribution in [0.25, 0.3) is 0 Å². The number of unbranched alkanes of at least 4 members (excludes halogenated alkanes) is 3. The highest BCUT2D eigenvalue weighted by Crippen LogP contribution is 2.00. The zero-order chi connectivity index (χ0) is 12.4. The van der Waals surface area contributed by atoms with Crippen LogP contribution in [0.5, 0.6) is 0 Å². The van der Waals surface area contributed by atoms with Gasteiger partial charge in [-0.05, 0) is 18.9 Å². The van der Waals surface area contributed by atoms with Crippen LogP contribution in [-0.2, 0) is 9.59 Å². The lowest BCUT2D eigenvalue weighted by atomic mass is 10.1. The van der Waals surface area contributed by atoms with Gasteiger partial charge in [0.05, 0.1) is 0 Å². The summed E-state index contributed by atoms with van der Waals surface area (Å²) in [4.78, 5) is 22.4. The molecule has 92 valence electrons. The fourth-order valence-corrected chi connectivity index (χ4v) is 1.55. The van der Waals surface area contributed by atoms with Gasteiger partial charge in [0.25, 0.3) is 0 Å². The summed E-state index contributed by atoms with van der Waals surface area (Å²) in [5.74, 6) is 0.0473. The topological polar surface area (TPSA) is 46.2 Å². The van der Waals surface area contributed by atoms with Gasteiger partial charge in [0.15, 0.2) is 5.78 Å². The van der Waals surface area contributed by atoms with Crippen LogP contribution in [0.2, 0.25) is 0 Å². The predicted molar refractivity (Wildman–Crippen MR) is 69.7 cm³/mol. The van der Waals surface area contributed by atoms with Crippen molar-refractivity contribution in [1.82, 2.24) is 5.32 Å². The van der Waals surface area contributed by atoms with Gasteiger partial charge in [-0.1, -0.05) is 25.8 Å². The van der Waals surface area contributed by atoms with E-state index in [0.717, 1.165) is 12.8 Å². The summed E-state index contributed by atoms with van der Waals surface area (Å²) >= 11 is 4.04. The second-order valence-corrected chi connectivity index (χ2v) is 4.10. The molecule has 0 aromatic heterocycles. The third-order valence-electron chi connectivity index (χ3n) is 2.16. The Morgan fingerprint density at radius 3 is 2.56 bits per heavy atom. The first-order valence-electron chi connectivity index (χ1n) is 5.70. The SMILES string of the molecule is CCCCCC=CC(=O)C(CS)NC(C)=O. The Morgan fingerprint density at radius 1 is 1.38 bits per heavy atom. The molecule has 4 heteroatoms. The molecule has 0 saturated carbocycles. The summed E-state index contributed by atoms with van der Waals surface area (Å²) < 4.78 is 0. The fourth-order valence-electron chi connectivity index (χ4n) is 1.28. The van der Waals surface area contributed by atoms with Crippen LogP contribution in [0.1, 0.15) is 39.5 Å². The number of carbonyl (C=O) groups is 2. The monoisotopic (exact) mass is 243 g/mol. The molecule has 0 aliphatic carbocycles. The van der Waals surface area contributed by atoms with E-state index in [4.69, 9.17) is 0 Å². The van der Waals surface area contributed by atoms with Crippen molar-refractivity contribution in [2.24, 2.45) is 0 Å². The van der Waals surface area contributed by atoms with Crippen molar-refractivity contribution in [3.63, 3.8) is 0 Å². The molecule has 3 nitrogen and oxygen atoms in total. The lowest BCUT2D eigenvalue weighted by molar-refractivity contribution is -0.124. The largest absolute Gasteiger partial charge is 0.345 e. The Hall–Kier alpha value is -0.770. The molecular weight excluding hydrogens is 222 g/mol. The van der Waals surface area contributed by atoms with Gasteiger partial charge in [-0.3, -0.25) is 9.59 Å². The molecule has 0 aliphatic rings. The standard InChI is InChI=1S/C12H21NO2S/c1-3-4-5-6-7-8-12(15)11(9-16)13-10(2)14/h7-8,11,16H,3-6,9H2,1-2H3,(H,13,14). The number of ketones is 1. The Morgan fingerprint density at radius 2 is 2.06 bits per heavy atom. The Labute approximate surface area is 103 Å². The second-order valence-electron chi connectivity index (χ2n) is 3.74. The summed E-state index contributed by atoms with van der Waals surface area (Å²) in [5, 5.41) is 2.57. The summed E-state index contributed by atoms with van der Waals surface area (Å²) in [7, 11) is 0. The van der Waals surface area contributed by atoms with Crippen LogP contribution in [0.3, 0.4) is 0 Å². The van der Waals surface area contributed by atoms with E-state index < -0.39 is 6.04 Å². The fraction of sp³-hybridized carbons (Fsp3) is 0.667. The Balaban J connectivity index is 3.95. The van der Waals surface area contributed by atoms with Crippen LogP contribution >= 0.6 is 12.6 Å². The van der Waals surface area contributed by atoms with Gasteiger partial charge in [-0.15, -0.1) is 0 Å². The minimum Gasteiger partial charge on any atom is -0.345 e. The zero-order valence-corrected chi connectivity index (χ0v) is 10.9. The lowest BCUT2D eigenvalue weighted by Gasteiger charge is -2.11. The molecule has 0 bridgehead atoms. The minimum atomic E-state index is -0.497. The number of carbonyl (C=O) groups excluding carboxylic acids is 2. The summed E-state index contributed by atoms with van der Waals surface area (Å²) in [5.41, 5.74) is 0. The van der Waals surface area contributed by atoms with Crippen molar-refractivity contribution in [2.75, 3.05) is 5.75 Å². The summed E-state index contributed by atoms with van der Waals surface area (Å²) in [6.07, 6.45) is 7.79. The number of allylic oxidation sites excluding steroid dienone is 1. The first-order chi connectivity index (χ1) is 7.61. The molecule has 0 aromatic carbocycles. The highest BCUT2D eigenvalue weighted by atomic mass is 32.1. The van der Waals surface area contributed by atoms with Gasteiger partial charge >= 0.3 is 0 Å². The molecule has 0 aromatic rings. The third-order valence-corrected chi connectivity index (χ3v) is 2.53. The van der Waals surface area contributed by atoms with E-state index in [1.165, 1.54) is 19.8 Å². The molecule has 0 aliphatic heterocycles. The van der Waals surface area contributed by atoms with Crippen molar-refractivity contribution in [3.05, 3.63) is 12.2 Å². The van der Waals surface area contributed by atoms with E-state index in [-0.39, 0.29) is 11.7 Å². The maximum Gasteiger partial charge on any atom is 0.217 e. The van der Waals surface area contributed by atoms with Crippen LogP contribution in [-0.4, -0.2) is 23.5 Å². The number of nitrogens with one attached hydrogen (secondary N) is 1. The van der Waals surface area contributed by atoms with E-state index in [1.807, 2.05) is 6.08 Å². The van der Waals surface area contributed by atoms with Gasteiger partial charge in [0.1, 0.15) is 6.04 Å². The predicted octanol–water partition coefficient (Wildman–Crippen LogP) is 2.13. The third kappa shape index (κ3) is 7.51. The molecule has 0 radical (unpaired) electrons. The molecule has 1 amide bonds. The molecule has 0 rings (SSSR count). The number of hydrogen-bond acceptors (Lipinski definition) is 3. The molecule has 1 unspecified atom stereocenters. The molecule has 1 N–H and O–H groups in total. The summed E-state index contributed by atoms with van der Waals surface area (Å²) in [6.45, 7) is 3.54. The highest BCUT2D eigenvalue weighted by Gasteiger charge is 2.14. The Bertz CT molecular complexity index is 251. The molecule has 16 heavy (non-hydrogen) atoms. The second kappa shape index (κ2) is 9.46. The van der Waals surface area contributed by atoms with Gasteiger partial charge in [-0.2, -0.15) is 12.6 Å². The van der Waals surface area contributed by atoms with Crippen molar-refractivity contribution < 1.29 is 9.59 Å². The minimum absolute atomic E-state index is 0.0818. The van der Waals surface area contributed by atoms with Crippen LogP contribution in [0, 0.1) is 0 Å². The first-order valence-corrected chi connectivity index (χ1v) is 6.33. The number of rotatable bonds is 8. The van der Waals surface area contributed by atoms with Crippen molar-refractivity contribution in [2.45, 2.75) is 45.6 Å². The molecule has 1 atom stereocenters. The van der Waals surface area contributed by atoms with Crippen molar-refractivity contribution in [1.29, 1.82) is 0 Å². The van der Waals surface area contributed by atoms with Crippen LogP contribution < -0.4 is 5.32 Å². The van der Waals surface area contributed by atoms with Gasteiger partial charge in [0, 0.05) is 12.7 Å². The average molecular weight is 243 g/mol. The quantitative estimate of drug-likeness (QED) is 0.390. The summed E-state index contributed by atoms with van der Waals surface area (Å²) in [6, 6.07) is -0.497. The van der Waals surface area contributed by atoms with E-state index in [9.17, 15) is 9.59 Å². The normalized spacial score (nSPS) is 12.7. The molecule has 0 fully saturated rings. The Kier molecular flexibility index (Phi) is 9.00. The first kappa shape index (κ1) is 15.2.